The summed E-state index contributed by atoms with van der Waals surface area (Å²) < 4.78 is 7.80. The molecule has 0 spiro atoms. The van der Waals surface area contributed by atoms with Crippen molar-refractivity contribution in [2.45, 2.75) is 39.8 Å². The Morgan fingerprint density at radius 1 is 1.33 bits per heavy atom. The van der Waals surface area contributed by atoms with Gasteiger partial charge in [0, 0.05) is 43.3 Å². The van der Waals surface area contributed by atoms with Gasteiger partial charge in [0.15, 0.2) is 0 Å². The number of nitrogens with zero attached hydrogens (tertiary/aromatic N) is 2. The van der Waals surface area contributed by atoms with Crippen molar-refractivity contribution < 1.29 is 9.53 Å². The standard InChI is InChI=1S/C20H26N2O2/c1-14(2)10-22-12-16-6-8-21(20(23)17-7-9-24-13-17)11-15-4-3-5-18(22)19(15)16/h3-5,12,14,17H,6-11,13H2,1-2H3/t17-/m1/s1. The van der Waals surface area contributed by atoms with Gasteiger partial charge in [0.05, 0.1) is 12.5 Å². The molecule has 4 nitrogen and oxygen atoms in total. The van der Waals surface area contributed by atoms with Crippen LogP contribution in [0.5, 0.6) is 0 Å². The van der Waals surface area contributed by atoms with Crippen LogP contribution < -0.4 is 0 Å². The second kappa shape index (κ2) is 6.25. The van der Waals surface area contributed by atoms with E-state index in [1.165, 1.54) is 22.0 Å². The summed E-state index contributed by atoms with van der Waals surface area (Å²) in [5, 5.41) is 1.37. The van der Waals surface area contributed by atoms with E-state index in [1.807, 2.05) is 4.90 Å². The highest BCUT2D eigenvalue weighted by molar-refractivity contribution is 5.89. The van der Waals surface area contributed by atoms with Gasteiger partial charge in [0.2, 0.25) is 5.91 Å². The summed E-state index contributed by atoms with van der Waals surface area (Å²) in [5.74, 6) is 0.952. The highest BCUT2D eigenvalue weighted by Crippen LogP contribution is 2.31. The lowest BCUT2D eigenvalue weighted by Gasteiger charge is -2.24. The summed E-state index contributed by atoms with van der Waals surface area (Å²) in [4.78, 5) is 14.8. The summed E-state index contributed by atoms with van der Waals surface area (Å²) >= 11 is 0. The van der Waals surface area contributed by atoms with E-state index in [4.69, 9.17) is 4.74 Å². The van der Waals surface area contributed by atoms with Crippen molar-refractivity contribution in [3.63, 3.8) is 0 Å². The first-order chi connectivity index (χ1) is 11.6. The van der Waals surface area contributed by atoms with Crippen LogP contribution >= 0.6 is 0 Å². The third kappa shape index (κ3) is 2.73. The molecule has 128 valence electrons. The molecule has 0 N–H and O–H groups in total. The zero-order valence-electron chi connectivity index (χ0n) is 14.6. The Morgan fingerprint density at radius 2 is 2.21 bits per heavy atom. The Bertz CT molecular complexity index is 756. The van der Waals surface area contributed by atoms with Crippen LogP contribution in [0.4, 0.5) is 0 Å². The molecule has 1 saturated heterocycles. The molecule has 2 aromatic rings. The van der Waals surface area contributed by atoms with E-state index in [-0.39, 0.29) is 11.8 Å². The molecule has 1 aromatic carbocycles. The average Bonchev–Trinajstić information content (AvgIpc) is 3.15. The van der Waals surface area contributed by atoms with Crippen molar-refractivity contribution in [1.82, 2.24) is 9.47 Å². The van der Waals surface area contributed by atoms with Crippen LogP contribution in [0.1, 0.15) is 31.4 Å². The molecule has 1 aromatic heterocycles. The van der Waals surface area contributed by atoms with E-state index in [2.05, 4.69) is 42.8 Å². The van der Waals surface area contributed by atoms with Crippen molar-refractivity contribution in [1.29, 1.82) is 0 Å². The van der Waals surface area contributed by atoms with Gasteiger partial charge in [-0.3, -0.25) is 4.79 Å². The largest absolute Gasteiger partial charge is 0.381 e. The molecule has 4 rings (SSSR count). The molecule has 4 heteroatoms. The molecule has 1 atom stereocenters. The van der Waals surface area contributed by atoms with Crippen LogP contribution in [0.15, 0.2) is 24.4 Å². The minimum absolute atomic E-state index is 0.0579. The van der Waals surface area contributed by atoms with Gasteiger partial charge in [0.1, 0.15) is 0 Å². The van der Waals surface area contributed by atoms with Crippen LogP contribution in [-0.2, 0) is 29.0 Å². The molecule has 0 aliphatic carbocycles. The van der Waals surface area contributed by atoms with Gasteiger partial charge in [-0.15, -0.1) is 0 Å². The summed E-state index contributed by atoms with van der Waals surface area (Å²) in [6, 6.07) is 6.53. The Labute approximate surface area is 143 Å². The van der Waals surface area contributed by atoms with Gasteiger partial charge in [-0.1, -0.05) is 26.0 Å². The fourth-order valence-corrected chi connectivity index (χ4v) is 4.10. The van der Waals surface area contributed by atoms with Crippen molar-refractivity contribution in [2.24, 2.45) is 11.8 Å². The number of hydrogen-bond acceptors (Lipinski definition) is 2. The van der Waals surface area contributed by atoms with Gasteiger partial charge in [-0.05, 0) is 36.0 Å². The smallest absolute Gasteiger partial charge is 0.228 e. The van der Waals surface area contributed by atoms with Crippen LogP contribution in [0, 0.1) is 11.8 Å². The lowest BCUT2D eigenvalue weighted by atomic mass is 10.1. The molecule has 2 aliphatic rings. The number of hydrogen-bond donors (Lipinski definition) is 0. The normalized spacial score (nSPS) is 20.8. The van der Waals surface area contributed by atoms with Gasteiger partial charge < -0.3 is 14.2 Å². The molecule has 0 saturated carbocycles. The van der Waals surface area contributed by atoms with Crippen LogP contribution in [-0.4, -0.2) is 35.1 Å². The van der Waals surface area contributed by atoms with Crippen LogP contribution in [0.25, 0.3) is 10.9 Å². The Kier molecular flexibility index (Phi) is 4.09. The van der Waals surface area contributed by atoms with E-state index in [1.54, 1.807) is 0 Å². The third-order valence-corrected chi connectivity index (χ3v) is 5.24. The lowest BCUT2D eigenvalue weighted by molar-refractivity contribution is -0.136. The molecule has 1 amide bonds. The number of rotatable bonds is 3. The lowest BCUT2D eigenvalue weighted by Crippen LogP contribution is -2.36. The molecule has 0 radical (unpaired) electrons. The van der Waals surface area contributed by atoms with E-state index in [0.717, 1.165) is 39.1 Å². The van der Waals surface area contributed by atoms with Crippen molar-refractivity contribution in [3.05, 3.63) is 35.5 Å². The van der Waals surface area contributed by atoms with Crippen molar-refractivity contribution in [2.75, 3.05) is 19.8 Å². The summed E-state index contributed by atoms with van der Waals surface area (Å²) in [5.41, 5.74) is 3.99. The van der Waals surface area contributed by atoms with Gasteiger partial charge in [-0.2, -0.15) is 0 Å². The maximum absolute atomic E-state index is 12.8. The van der Waals surface area contributed by atoms with E-state index in [9.17, 15) is 4.79 Å². The predicted molar refractivity (Wildman–Crippen MR) is 94.8 cm³/mol. The fraction of sp³-hybridized carbons (Fsp3) is 0.550. The van der Waals surface area contributed by atoms with E-state index < -0.39 is 0 Å². The highest BCUT2D eigenvalue weighted by Gasteiger charge is 2.30. The minimum Gasteiger partial charge on any atom is -0.381 e. The zero-order valence-corrected chi connectivity index (χ0v) is 14.6. The molecule has 24 heavy (non-hydrogen) atoms. The Hall–Kier alpha value is -1.81. The predicted octanol–water partition coefficient (Wildman–Crippen LogP) is 3.22. The van der Waals surface area contributed by atoms with Crippen LogP contribution in [0.2, 0.25) is 0 Å². The Morgan fingerprint density at radius 3 is 2.96 bits per heavy atom. The minimum atomic E-state index is 0.0579. The first-order valence-electron chi connectivity index (χ1n) is 9.09. The number of amides is 1. The maximum Gasteiger partial charge on any atom is 0.228 e. The molecule has 0 unspecified atom stereocenters. The summed E-state index contributed by atoms with van der Waals surface area (Å²) in [6.45, 7) is 8.40. The molecular weight excluding hydrogens is 300 g/mol. The topological polar surface area (TPSA) is 34.5 Å². The fourth-order valence-electron chi connectivity index (χ4n) is 4.10. The molecule has 2 aliphatic heterocycles. The maximum atomic E-state index is 12.8. The number of carbonyl (C=O) groups is 1. The molecule has 0 bridgehead atoms. The molecule has 1 fully saturated rings. The second-order valence-corrected chi connectivity index (χ2v) is 7.58. The first kappa shape index (κ1) is 15.7. The molecular formula is C20H26N2O2. The second-order valence-electron chi connectivity index (χ2n) is 7.58. The first-order valence-corrected chi connectivity index (χ1v) is 9.09. The van der Waals surface area contributed by atoms with Crippen molar-refractivity contribution >= 4 is 16.8 Å². The Balaban J connectivity index is 1.66. The SMILES string of the molecule is CC(C)Cn1cc2c3c(cccc31)CN(C(=O)[C@@H]1CCOC1)CC2. The van der Waals surface area contributed by atoms with Gasteiger partial charge in [0.25, 0.3) is 0 Å². The van der Waals surface area contributed by atoms with Crippen molar-refractivity contribution in [3.8, 4) is 0 Å². The summed E-state index contributed by atoms with van der Waals surface area (Å²) in [7, 11) is 0. The highest BCUT2D eigenvalue weighted by atomic mass is 16.5. The molecule has 3 heterocycles. The number of ether oxygens (including phenoxy) is 1. The number of aromatic nitrogens is 1. The summed E-state index contributed by atoms with van der Waals surface area (Å²) in [6.07, 6.45) is 4.12. The number of benzene rings is 1. The van der Waals surface area contributed by atoms with E-state index >= 15 is 0 Å². The zero-order chi connectivity index (χ0) is 16.7. The monoisotopic (exact) mass is 326 g/mol. The third-order valence-electron chi connectivity index (χ3n) is 5.24. The number of carbonyl (C=O) groups excluding carboxylic acids is 1. The van der Waals surface area contributed by atoms with Gasteiger partial charge in [-0.25, -0.2) is 0 Å². The quantitative estimate of drug-likeness (QED) is 0.868. The van der Waals surface area contributed by atoms with Crippen LogP contribution in [0.3, 0.4) is 0 Å². The average molecular weight is 326 g/mol. The van der Waals surface area contributed by atoms with E-state index in [0.29, 0.717) is 12.5 Å². The van der Waals surface area contributed by atoms with Gasteiger partial charge >= 0.3 is 0 Å².